The van der Waals surface area contributed by atoms with Crippen molar-refractivity contribution in [3.8, 4) is 6.07 Å². The van der Waals surface area contributed by atoms with E-state index in [0.717, 1.165) is 0 Å². The maximum atomic E-state index is 12.5. The van der Waals surface area contributed by atoms with Crippen LogP contribution in [0.1, 0.15) is 30.0 Å². The molecule has 1 heterocycles. The Morgan fingerprint density at radius 3 is 2.86 bits per heavy atom. The zero-order chi connectivity index (χ0) is 15.5. The number of sulfonamides is 1. The summed E-state index contributed by atoms with van der Waals surface area (Å²) in [5.74, 6) is 0. The first kappa shape index (κ1) is 15.9. The Kier molecular flexibility index (Phi) is 4.96. The Bertz CT molecular complexity index is 767. The Hall–Kier alpha value is -1.46. The Balaban J connectivity index is 2.39. The lowest BCUT2D eigenvalue weighted by Gasteiger charge is -2.15. The van der Waals surface area contributed by atoms with Crippen LogP contribution in [0.5, 0.6) is 0 Å². The van der Waals surface area contributed by atoms with Crippen LogP contribution in [0.2, 0.25) is 5.02 Å². The number of rotatable bonds is 5. The van der Waals surface area contributed by atoms with Gasteiger partial charge in [0.05, 0.1) is 11.6 Å². The van der Waals surface area contributed by atoms with E-state index in [9.17, 15) is 8.42 Å². The highest BCUT2D eigenvalue weighted by molar-refractivity contribution is 7.89. The minimum atomic E-state index is -3.85. The monoisotopic (exact) mass is 341 g/mol. The topological polar surface area (TPSA) is 82.9 Å². The molecule has 0 fully saturated rings. The molecule has 2 rings (SSSR count). The summed E-state index contributed by atoms with van der Waals surface area (Å²) in [6, 6.07) is 5.58. The van der Waals surface area contributed by atoms with Crippen LogP contribution in [0.3, 0.4) is 0 Å². The molecule has 0 radical (unpaired) electrons. The van der Waals surface area contributed by atoms with Crippen molar-refractivity contribution < 1.29 is 8.42 Å². The van der Waals surface area contributed by atoms with Gasteiger partial charge >= 0.3 is 0 Å². The molecule has 0 unspecified atom stereocenters. The van der Waals surface area contributed by atoms with Crippen molar-refractivity contribution in [1.82, 2.24) is 9.71 Å². The van der Waals surface area contributed by atoms with Crippen LogP contribution < -0.4 is 4.72 Å². The smallest absolute Gasteiger partial charge is 0.242 e. The molecule has 0 saturated carbocycles. The number of halogens is 1. The summed E-state index contributed by atoms with van der Waals surface area (Å²) in [5.41, 5.74) is 0.0564. The lowest BCUT2D eigenvalue weighted by atomic mass is 10.2. The van der Waals surface area contributed by atoms with Gasteiger partial charge in [0.15, 0.2) is 0 Å². The summed E-state index contributed by atoms with van der Waals surface area (Å²) in [7, 11) is -3.85. The number of aromatic nitrogens is 1. The fourth-order valence-electron chi connectivity index (χ4n) is 1.78. The van der Waals surface area contributed by atoms with E-state index in [0.29, 0.717) is 11.4 Å². The molecule has 0 amide bonds. The van der Waals surface area contributed by atoms with E-state index in [1.807, 2.05) is 13.0 Å². The molecule has 1 aromatic heterocycles. The standard InChI is InChI=1S/C13H12ClN3O2S2/c1-2-11(13-16-5-6-20-13)17-21(18,19)12-7-10(14)4-3-9(12)8-15/h3-7,11,17H,2H2,1H3/t11-/m1/s1. The quantitative estimate of drug-likeness (QED) is 0.905. The lowest BCUT2D eigenvalue weighted by molar-refractivity contribution is 0.549. The molecule has 21 heavy (non-hydrogen) atoms. The maximum Gasteiger partial charge on any atom is 0.242 e. The van der Waals surface area contributed by atoms with Crippen molar-refractivity contribution in [3.05, 3.63) is 45.4 Å². The van der Waals surface area contributed by atoms with Gasteiger partial charge < -0.3 is 0 Å². The third kappa shape index (κ3) is 3.60. The number of nitriles is 1. The fourth-order valence-corrected chi connectivity index (χ4v) is 4.33. The first-order valence-electron chi connectivity index (χ1n) is 6.09. The Labute approximate surface area is 132 Å². The zero-order valence-electron chi connectivity index (χ0n) is 11.1. The summed E-state index contributed by atoms with van der Waals surface area (Å²) in [6.07, 6.45) is 2.17. The number of benzene rings is 1. The summed E-state index contributed by atoms with van der Waals surface area (Å²) < 4.78 is 27.5. The van der Waals surface area contributed by atoms with E-state index >= 15 is 0 Å². The second-order valence-corrected chi connectivity index (χ2v) is 7.25. The summed E-state index contributed by atoms with van der Waals surface area (Å²) in [4.78, 5) is 4.01. The predicted octanol–water partition coefficient (Wildman–Crippen LogP) is 3.10. The van der Waals surface area contributed by atoms with Gasteiger partial charge in [-0.15, -0.1) is 11.3 Å². The van der Waals surface area contributed by atoms with E-state index in [1.165, 1.54) is 29.5 Å². The molecule has 0 bridgehead atoms. The predicted molar refractivity (Wildman–Crippen MR) is 81.6 cm³/mol. The van der Waals surface area contributed by atoms with Crippen molar-refractivity contribution in [2.24, 2.45) is 0 Å². The van der Waals surface area contributed by atoms with Crippen LogP contribution >= 0.6 is 22.9 Å². The average Bonchev–Trinajstić information content (AvgIpc) is 2.99. The summed E-state index contributed by atoms with van der Waals surface area (Å²) in [5, 5.41) is 11.8. The molecule has 5 nitrogen and oxygen atoms in total. The van der Waals surface area contributed by atoms with Gasteiger partial charge in [0.25, 0.3) is 0 Å². The molecule has 1 atom stereocenters. The van der Waals surface area contributed by atoms with Crippen molar-refractivity contribution >= 4 is 33.0 Å². The number of hydrogen-bond acceptors (Lipinski definition) is 5. The van der Waals surface area contributed by atoms with Gasteiger partial charge in [-0.2, -0.15) is 5.26 Å². The van der Waals surface area contributed by atoms with E-state index in [4.69, 9.17) is 16.9 Å². The third-order valence-electron chi connectivity index (χ3n) is 2.81. The van der Waals surface area contributed by atoms with E-state index in [2.05, 4.69) is 9.71 Å². The minimum absolute atomic E-state index is 0.0564. The molecule has 0 aliphatic heterocycles. The number of nitrogens with zero attached hydrogens (tertiary/aromatic N) is 2. The fraction of sp³-hybridized carbons (Fsp3) is 0.231. The first-order chi connectivity index (χ1) is 9.97. The van der Waals surface area contributed by atoms with E-state index in [-0.39, 0.29) is 15.5 Å². The number of thiazole rings is 1. The van der Waals surface area contributed by atoms with E-state index < -0.39 is 16.1 Å². The molecule has 110 valence electrons. The second kappa shape index (κ2) is 6.54. The van der Waals surface area contributed by atoms with Crippen molar-refractivity contribution in [2.75, 3.05) is 0 Å². The molecular weight excluding hydrogens is 330 g/mol. The molecule has 2 aromatic rings. The lowest BCUT2D eigenvalue weighted by Crippen LogP contribution is -2.28. The second-order valence-electron chi connectivity index (χ2n) is 4.20. The molecule has 0 spiro atoms. The van der Waals surface area contributed by atoms with Gasteiger partial charge in [-0.25, -0.2) is 18.1 Å². The highest BCUT2D eigenvalue weighted by Crippen LogP contribution is 2.25. The molecule has 8 heteroatoms. The van der Waals surface area contributed by atoms with Crippen molar-refractivity contribution in [3.63, 3.8) is 0 Å². The Morgan fingerprint density at radius 1 is 1.52 bits per heavy atom. The van der Waals surface area contributed by atoms with Crippen LogP contribution in [0, 0.1) is 11.3 Å². The van der Waals surface area contributed by atoms with Gasteiger partial charge in [0.2, 0.25) is 10.0 Å². The average molecular weight is 342 g/mol. The molecule has 0 aliphatic rings. The number of hydrogen-bond donors (Lipinski definition) is 1. The molecule has 0 aliphatic carbocycles. The first-order valence-corrected chi connectivity index (χ1v) is 8.83. The normalized spacial score (nSPS) is 12.8. The van der Waals surface area contributed by atoms with Crippen LogP contribution in [0.25, 0.3) is 0 Å². The molecule has 1 N–H and O–H groups in total. The van der Waals surface area contributed by atoms with Gasteiger partial charge in [-0.05, 0) is 24.6 Å². The summed E-state index contributed by atoms with van der Waals surface area (Å²) in [6.45, 7) is 1.86. The molecule has 1 aromatic carbocycles. The van der Waals surface area contributed by atoms with Crippen LogP contribution in [0.15, 0.2) is 34.7 Å². The van der Waals surface area contributed by atoms with E-state index in [1.54, 1.807) is 11.6 Å². The Morgan fingerprint density at radius 2 is 2.29 bits per heavy atom. The van der Waals surface area contributed by atoms with Gasteiger partial charge in [0, 0.05) is 16.6 Å². The minimum Gasteiger partial charge on any atom is -0.248 e. The zero-order valence-corrected chi connectivity index (χ0v) is 13.5. The molecular formula is C13H12ClN3O2S2. The van der Waals surface area contributed by atoms with Gasteiger partial charge in [-0.1, -0.05) is 18.5 Å². The van der Waals surface area contributed by atoms with Crippen LogP contribution in [-0.4, -0.2) is 13.4 Å². The van der Waals surface area contributed by atoms with Crippen LogP contribution in [-0.2, 0) is 10.0 Å². The highest BCUT2D eigenvalue weighted by Gasteiger charge is 2.24. The largest absolute Gasteiger partial charge is 0.248 e. The van der Waals surface area contributed by atoms with Gasteiger partial charge in [-0.3, -0.25) is 0 Å². The summed E-state index contributed by atoms with van der Waals surface area (Å²) >= 11 is 7.21. The third-order valence-corrected chi connectivity index (χ3v) is 5.44. The highest BCUT2D eigenvalue weighted by atomic mass is 35.5. The SMILES string of the molecule is CC[C@@H](NS(=O)(=O)c1cc(Cl)ccc1C#N)c1nccs1. The van der Waals surface area contributed by atoms with Crippen molar-refractivity contribution in [1.29, 1.82) is 5.26 Å². The maximum absolute atomic E-state index is 12.5. The van der Waals surface area contributed by atoms with Crippen molar-refractivity contribution in [2.45, 2.75) is 24.3 Å². The van der Waals surface area contributed by atoms with Crippen LogP contribution in [0.4, 0.5) is 0 Å². The molecule has 0 saturated heterocycles. The van der Waals surface area contributed by atoms with Gasteiger partial charge in [0.1, 0.15) is 16.0 Å². The number of nitrogens with one attached hydrogen (secondary N) is 1.